The van der Waals surface area contributed by atoms with Crippen molar-refractivity contribution in [3.8, 4) is 0 Å². The van der Waals surface area contributed by atoms with Gasteiger partial charge in [0, 0.05) is 37.4 Å². The molecule has 2 aliphatic rings. The quantitative estimate of drug-likeness (QED) is 0.402. The molecular formula is C25H26ClF2N5O2. The lowest BCUT2D eigenvalue weighted by molar-refractivity contribution is -0.0221. The molecule has 184 valence electrons. The third kappa shape index (κ3) is 4.87. The van der Waals surface area contributed by atoms with Gasteiger partial charge in [-0.1, -0.05) is 17.7 Å². The first-order valence-corrected chi connectivity index (χ1v) is 12.1. The highest BCUT2D eigenvalue weighted by atomic mass is 35.5. The van der Waals surface area contributed by atoms with Crippen LogP contribution in [-0.4, -0.2) is 45.0 Å². The molecule has 3 heterocycles. The van der Waals surface area contributed by atoms with E-state index in [1.165, 1.54) is 6.07 Å². The number of nitrogens with one attached hydrogen (secondary N) is 1. The maximum absolute atomic E-state index is 13.8. The first kappa shape index (κ1) is 23.7. The molecule has 2 aromatic heterocycles. The normalized spacial score (nSPS) is 18.5. The van der Waals surface area contributed by atoms with E-state index in [4.69, 9.17) is 21.6 Å². The van der Waals surface area contributed by atoms with Gasteiger partial charge in [-0.05, 0) is 50.5 Å². The highest BCUT2D eigenvalue weighted by Crippen LogP contribution is 2.45. The Labute approximate surface area is 206 Å². The Bertz CT molecular complexity index is 1300. The Kier molecular flexibility index (Phi) is 5.99. The van der Waals surface area contributed by atoms with Crippen LogP contribution in [0.1, 0.15) is 71.9 Å². The zero-order valence-corrected chi connectivity index (χ0v) is 20.2. The Hall–Kier alpha value is -3.07. The fourth-order valence-electron chi connectivity index (χ4n) is 4.60. The summed E-state index contributed by atoms with van der Waals surface area (Å²) in [5, 5.41) is 12.9. The van der Waals surface area contributed by atoms with Crippen LogP contribution in [-0.2, 0) is 0 Å². The number of carboxylic acid groups (broad SMARTS) is 1. The number of fused-ring (bicyclic) bond motifs is 1. The topological polar surface area (TPSA) is 91.2 Å². The summed E-state index contributed by atoms with van der Waals surface area (Å²) in [6.07, 6.45) is 1.65. The molecule has 1 saturated carbocycles. The molecule has 2 fully saturated rings. The molecule has 3 aromatic rings. The molecule has 5 rings (SSSR count). The van der Waals surface area contributed by atoms with Crippen LogP contribution in [0.2, 0.25) is 5.15 Å². The van der Waals surface area contributed by atoms with Gasteiger partial charge in [-0.2, -0.15) is 0 Å². The second-order valence-electron chi connectivity index (χ2n) is 9.47. The molecule has 0 bridgehead atoms. The van der Waals surface area contributed by atoms with Crippen LogP contribution in [0.3, 0.4) is 0 Å². The van der Waals surface area contributed by atoms with Crippen molar-refractivity contribution in [2.24, 2.45) is 0 Å². The molecule has 1 saturated heterocycles. The van der Waals surface area contributed by atoms with Gasteiger partial charge in [-0.25, -0.2) is 28.5 Å². The summed E-state index contributed by atoms with van der Waals surface area (Å²) >= 11 is 5.90. The van der Waals surface area contributed by atoms with Crippen molar-refractivity contribution >= 4 is 40.1 Å². The predicted octanol–water partition coefficient (Wildman–Crippen LogP) is 5.97. The van der Waals surface area contributed by atoms with E-state index in [9.17, 15) is 18.7 Å². The number of alkyl halides is 2. The molecule has 0 radical (unpaired) electrons. The number of hydrogen-bond acceptors (Lipinski definition) is 6. The summed E-state index contributed by atoms with van der Waals surface area (Å²) in [6, 6.07) is 6.75. The zero-order chi connectivity index (χ0) is 24.9. The van der Waals surface area contributed by atoms with Crippen molar-refractivity contribution in [1.82, 2.24) is 15.0 Å². The number of piperidine rings is 1. The molecule has 0 amide bonds. The second-order valence-corrected chi connectivity index (χ2v) is 9.86. The lowest BCUT2D eigenvalue weighted by atomic mass is 10.0. The number of benzene rings is 1. The van der Waals surface area contributed by atoms with Crippen LogP contribution in [0.15, 0.2) is 24.3 Å². The molecule has 0 spiro atoms. The van der Waals surface area contributed by atoms with E-state index in [0.29, 0.717) is 22.9 Å². The third-order valence-electron chi connectivity index (χ3n) is 6.61. The minimum absolute atomic E-state index is 0.0943. The van der Waals surface area contributed by atoms with Gasteiger partial charge in [0.2, 0.25) is 0 Å². The molecule has 1 aromatic carbocycles. The van der Waals surface area contributed by atoms with Gasteiger partial charge in [0.05, 0.1) is 28.5 Å². The Morgan fingerprint density at radius 3 is 2.57 bits per heavy atom. The monoisotopic (exact) mass is 501 g/mol. The lowest BCUT2D eigenvalue weighted by Crippen LogP contribution is -2.40. The van der Waals surface area contributed by atoms with Gasteiger partial charge in [0.25, 0.3) is 5.92 Å². The molecule has 1 atom stereocenters. The molecule has 1 aliphatic heterocycles. The van der Waals surface area contributed by atoms with Crippen molar-refractivity contribution < 1.29 is 18.7 Å². The van der Waals surface area contributed by atoms with Crippen molar-refractivity contribution in [1.29, 1.82) is 0 Å². The van der Waals surface area contributed by atoms with E-state index in [-0.39, 0.29) is 42.8 Å². The number of aryl methyl sites for hydroxylation is 1. The molecule has 7 nitrogen and oxygen atoms in total. The van der Waals surface area contributed by atoms with Crippen molar-refractivity contribution in [3.63, 3.8) is 0 Å². The van der Waals surface area contributed by atoms with Crippen LogP contribution in [0.4, 0.5) is 20.3 Å². The van der Waals surface area contributed by atoms with Crippen molar-refractivity contribution in [2.75, 3.05) is 23.3 Å². The summed E-state index contributed by atoms with van der Waals surface area (Å²) in [4.78, 5) is 27.5. The summed E-state index contributed by atoms with van der Waals surface area (Å²) in [6.45, 7) is 4.36. The Morgan fingerprint density at radius 1 is 1.20 bits per heavy atom. The number of halogens is 3. The van der Waals surface area contributed by atoms with E-state index in [1.54, 1.807) is 6.07 Å². The van der Waals surface area contributed by atoms with E-state index < -0.39 is 11.9 Å². The van der Waals surface area contributed by atoms with Crippen LogP contribution < -0.4 is 10.2 Å². The van der Waals surface area contributed by atoms with Gasteiger partial charge in [-0.15, -0.1) is 0 Å². The van der Waals surface area contributed by atoms with Crippen LogP contribution in [0.5, 0.6) is 0 Å². The van der Waals surface area contributed by atoms with Crippen LogP contribution in [0, 0.1) is 6.92 Å². The molecule has 35 heavy (non-hydrogen) atoms. The number of rotatable bonds is 6. The number of pyridine rings is 1. The SMILES string of the molecule is Cc1cc([C@@H](C)Nc2ccc(Cl)nc2C(=O)O)c2nc(N3CCC(F)(F)CC3)c(C3CC3)nc2c1. The minimum atomic E-state index is -2.64. The van der Waals surface area contributed by atoms with E-state index in [1.807, 2.05) is 30.9 Å². The number of hydrogen-bond donors (Lipinski definition) is 2. The Morgan fingerprint density at radius 2 is 1.91 bits per heavy atom. The smallest absolute Gasteiger partial charge is 0.356 e. The Balaban J connectivity index is 1.56. The van der Waals surface area contributed by atoms with Crippen molar-refractivity contribution in [3.05, 3.63) is 51.9 Å². The molecule has 1 aliphatic carbocycles. The van der Waals surface area contributed by atoms with Gasteiger partial charge in [0.15, 0.2) is 11.5 Å². The molecule has 2 N–H and O–H groups in total. The number of carboxylic acids is 1. The maximum Gasteiger partial charge on any atom is 0.356 e. The van der Waals surface area contributed by atoms with Gasteiger partial charge in [0.1, 0.15) is 5.15 Å². The molecule has 10 heteroatoms. The highest BCUT2D eigenvalue weighted by Gasteiger charge is 2.37. The highest BCUT2D eigenvalue weighted by molar-refractivity contribution is 6.29. The van der Waals surface area contributed by atoms with E-state index >= 15 is 0 Å². The largest absolute Gasteiger partial charge is 0.476 e. The number of aromatic nitrogens is 3. The summed E-state index contributed by atoms with van der Waals surface area (Å²) in [5.41, 5.74) is 4.30. The average Bonchev–Trinajstić information content (AvgIpc) is 3.64. The number of anilines is 2. The standard InChI is InChI=1S/C25H26ClF2N5O2/c1-13-11-16(14(2)29-17-5-6-19(26)31-22(17)24(34)35)21-18(12-13)30-20(15-3-4-15)23(32-21)33-9-7-25(27,28)8-10-33/h5-6,11-12,14-15,29H,3-4,7-10H2,1-2H3,(H,34,35)/t14-/m1/s1. The van der Waals surface area contributed by atoms with Crippen LogP contribution in [0.25, 0.3) is 11.0 Å². The fourth-order valence-corrected chi connectivity index (χ4v) is 4.75. The average molecular weight is 502 g/mol. The van der Waals surface area contributed by atoms with Gasteiger partial charge in [-0.3, -0.25) is 0 Å². The van der Waals surface area contributed by atoms with Crippen molar-refractivity contribution in [2.45, 2.75) is 57.4 Å². The van der Waals surface area contributed by atoms with Crippen LogP contribution >= 0.6 is 11.6 Å². The first-order valence-electron chi connectivity index (χ1n) is 11.7. The first-order chi connectivity index (χ1) is 16.6. The molecular weight excluding hydrogens is 476 g/mol. The minimum Gasteiger partial charge on any atom is -0.476 e. The third-order valence-corrected chi connectivity index (χ3v) is 6.82. The summed E-state index contributed by atoms with van der Waals surface area (Å²) < 4.78 is 27.7. The fraction of sp³-hybridized carbons (Fsp3) is 0.440. The van der Waals surface area contributed by atoms with Gasteiger partial charge >= 0.3 is 5.97 Å². The second kappa shape index (κ2) is 8.86. The number of nitrogens with zero attached hydrogens (tertiary/aromatic N) is 4. The maximum atomic E-state index is 13.8. The lowest BCUT2D eigenvalue weighted by Gasteiger charge is -2.33. The molecule has 0 unspecified atom stereocenters. The number of carbonyl (C=O) groups is 1. The predicted molar refractivity (Wildman–Crippen MR) is 131 cm³/mol. The zero-order valence-electron chi connectivity index (χ0n) is 19.5. The summed E-state index contributed by atoms with van der Waals surface area (Å²) in [7, 11) is 0. The van der Waals surface area contributed by atoms with E-state index in [0.717, 1.165) is 35.2 Å². The van der Waals surface area contributed by atoms with E-state index in [2.05, 4.69) is 10.3 Å². The van der Waals surface area contributed by atoms with Gasteiger partial charge < -0.3 is 15.3 Å². The number of aromatic carboxylic acids is 1. The summed E-state index contributed by atoms with van der Waals surface area (Å²) in [5.74, 6) is -2.83.